The molecular formula is C12H25NO. The summed E-state index contributed by atoms with van der Waals surface area (Å²) in [7, 11) is 0. The van der Waals surface area contributed by atoms with Crippen molar-refractivity contribution in [3.63, 3.8) is 0 Å². The maximum absolute atomic E-state index is 10.1. The van der Waals surface area contributed by atoms with Gasteiger partial charge in [0.15, 0.2) is 0 Å². The molecule has 1 aliphatic carbocycles. The second kappa shape index (κ2) is 5.72. The van der Waals surface area contributed by atoms with Crippen molar-refractivity contribution in [3.8, 4) is 0 Å². The number of nitrogens with one attached hydrogen (secondary N) is 1. The Morgan fingerprint density at radius 3 is 2.57 bits per heavy atom. The predicted molar refractivity (Wildman–Crippen MR) is 60.4 cm³/mol. The molecule has 1 aliphatic rings. The van der Waals surface area contributed by atoms with E-state index in [2.05, 4.69) is 19.2 Å². The highest BCUT2D eigenvalue weighted by Crippen LogP contribution is 2.28. The Bertz CT molecular complexity index is 152. The largest absolute Gasteiger partial charge is 0.389 e. The average molecular weight is 199 g/mol. The van der Waals surface area contributed by atoms with Crippen molar-refractivity contribution >= 4 is 0 Å². The highest BCUT2D eigenvalue weighted by molar-refractivity contribution is 4.86. The first-order valence-electron chi connectivity index (χ1n) is 6.09. The van der Waals surface area contributed by atoms with Crippen LogP contribution in [0.2, 0.25) is 0 Å². The van der Waals surface area contributed by atoms with Gasteiger partial charge < -0.3 is 10.4 Å². The van der Waals surface area contributed by atoms with Crippen LogP contribution in [0.5, 0.6) is 0 Å². The van der Waals surface area contributed by atoms with Crippen molar-refractivity contribution in [2.75, 3.05) is 13.1 Å². The van der Waals surface area contributed by atoms with Gasteiger partial charge in [-0.25, -0.2) is 0 Å². The molecule has 2 N–H and O–H groups in total. The van der Waals surface area contributed by atoms with E-state index in [4.69, 9.17) is 0 Å². The van der Waals surface area contributed by atoms with Gasteiger partial charge in [-0.05, 0) is 31.7 Å². The fourth-order valence-corrected chi connectivity index (χ4v) is 2.36. The van der Waals surface area contributed by atoms with Crippen LogP contribution < -0.4 is 5.32 Å². The van der Waals surface area contributed by atoms with Crippen LogP contribution in [0.15, 0.2) is 0 Å². The summed E-state index contributed by atoms with van der Waals surface area (Å²) in [6, 6.07) is 0. The molecule has 0 amide bonds. The lowest BCUT2D eigenvalue weighted by molar-refractivity contribution is 0.0470. The van der Waals surface area contributed by atoms with Gasteiger partial charge in [0.2, 0.25) is 0 Å². The first kappa shape index (κ1) is 12.0. The molecule has 1 atom stereocenters. The summed E-state index contributed by atoms with van der Waals surface area (Å²) in [6.45, 7) is 6.34. The van der Waals surface area contributed by atoms with Gasteiger partial charge >= 0.3 is 0 Å². The molecule has 0 heterocycles. The van der Waals surface area contributed by atoms with Crippen LogP contribution in [0.3, 0.4) is 0 Å². The molecule has 1 rings (SSSR count). The molecule has 1 saturated carbocycles. The molecule has 2 nitrogen and oxygen atoms in total. The van der Waals surface area contributed by atoms with E-state index in [1.165, 1.54) is 25.7 Å². The van der Waals surface area contributed by atoms with Crippen molar-refractivity contribution in [2.45, 2.75) is 58.0 Å². The van der Waals surface area contributed by atoms with Gasteiger partial charge in [-0.15, -0.1) is 0 Å². The van der Waals surface area contributed by atoms with Gasteiger partial charge in [0.25, 0.3) is 0 Å². The second-order valence-electron chi connectivity index (χ2n) is 4.96. The Labute approximate surface area is 88.1 Å². The van der Waals surface area contributed by atoms with Crippen LogP contribution >= 0.6 is 0 Å². The normalized spacial score (nSPS) is 22.5. The molecule has 0 aromatic rings. The van der Waals surface area contributed by atoms with Crippen molar-refractivity contribution in [2.24, 2.45) is 5.92 Å². The van der Waals surface area contributed by atoms with E-state index in [1.807, 2.05) is 0 Å². The van der Waals surface area contributed by atoms with Crippen LogP contribution in [-0.4, -0.2) is 23.8 Å². The summed E-state index contributed by atoms with van der Waals surface area (Å²) in [5.41, 5.74) is -0.383. The molecule has 84 valence electrons. The Morgan fingerprint density at radius 2 is 2.00 bits per heavy atom. The lowest BCUT2D eigenvalue weighted by atomic mass is 10.0. The standard InChI is InChI=1S/C12H25NO/c1-3-6-11(2)9-13-10-12(14)7-4-5-8-12/h11,13-14H,3-10H2,1-2H3. The highest BCUT2D eigenvalue weighted by Gasteiger charge is 2.30. The molecule has 0 aliphatic heterocycles. The number of aliphatic hydroxyl groups is 1. The topological polar surface area (TPSA) is 32.3 Å². The number of rotatable bonds is 6. The lowest BCUT2D eigenvalue weighted by Gasteiger charge is -2.23. The van der Waals surface area contributed by atoms with Gasteiger partial charge in [0, 0.05) is 6.54 Å². The minimum atomic E-state index is -0.383. The summed E-state index contributed by atoms with van der Waals surface area (Å²) in [5.74, 6) is 0.741. The van der Waals surface area contributed by atoms with E-state index in [-0.39, 0.29) is 5.60 Å². The smallest absolute Gasteiger partial charge is 0.0771 e. The number of hydrogen-bond donors (Lipinski definition) is 2. The van der Waals surface area contributed by atoms with E-state index in [0.717, 1.165) is 31.8 Å². The Kier molecular flexibility index (Phi) is 4.90. The maximum Gasteiger partial charge on any atom is 0.0771 e. The van der Waals surface area contributed by atoms with Gasteiger partial charge in [-0.2, -0.15) is 0 Å². The summed E-state index contributed by atoms with van der Waals surface area (Å²) in [5, 5.41) is 13.5. The van der Waals surface area contributed by atoms with Crippen LogP contribution in [0.1, 0.15) is 52.4 Å². The lowest BCUT2D eigenvalue weighted by Crippen LogP contribution is -2.39. The van der Waals surface area contributed by atoms with Crippen molar-refractivity contribution in [3.05, 3.63) is 0 Å². The molecule has 0 aromatic heterocycles. The first-order chi connectivity index (χ1) is 6.66. The van der Waals surface area contributed by atoms with Crippen molar-refractivity contribution < 1.29 is 5.11 Å². The molecule has 1 unspecified atom stereocenters. The Balaban J connectivity index is 2.08. The maximum atomic E-state index is 10.1. The zero-order valence-corrected chi connectivity index (χ0v) is 9.68. The number of hydrogen-bond acceptors (Lipinski definition) is 2. The van der Waals surface area contributed by atoms with Crippen LogP contribution in [0.4, 0.5) is 0 Å². The molecular weight excluding hydrogens is 174 g/mol. The minimum absolute atomic E-state index is 0.383. The summed E-state index contributed by atoms with van der Waals surface area (Å²) in [4.78, 5) is 0. The molecule has 1 fully saturated rings. The average Bonchev–Trinajstić information content (AvgIpc) is 2.53. The monoisotopic (exact) mass is 199 g/mol. The Morgan fingerprint density at radius 1 is 1.36 bits per heavy atom. The van der Waals surface area contributed by atoms with Crippen LogP contribution in [0, 0.1) is 5.92 Å². The molecule has 0 spiro atoms. The van der Waals surface area contributed by atoms with Gasteiger partial charge in [-0.1, -0.05) is 33.1 Å². The van der Waals surface area contributed by atoms with Crippen molar-refractivity contribution in [1.29, 1.82) is 0 Å². The van der Waals surface area contributed by atoms with Gasteiger partial charge in [0.05, 0.1) is 5.60 Å². The SMILES string of the molecule is CCCC(C)CNCC1(O)CCCC1. The second-order valence-corrected chi connectivity index (χ2v) is 4.96. The zero-order chi connectivity index (χ0) is 10.4. The molecule has 0 saturated heterocycles. The van der Waals surface area contributed by atoms with E-state index in [0.29, 0.717) is 0 Å². The van der Waals surface area contributed by atoms with E-state index < -0.39 is 0 Å². The fourth-order valence-electron chi connectivity index (χ4n) is 2.36. The van der Waals surface area contributed by atoms with Crippen LogP contribution in [0.25, 0.3) is 0 Å². The summed E-state index contributed by atoms with van der Waals surface area (Å²) < 4.78 is 0. The van der Waals surface area contributed by atoms with E-state index in [9.17, 15) is 5.11 Å². The zero-order valence-electron chi connectivity index (χ0n) is 9.68. The predicted octanol–water partition coefficient (Wildman–Crippen LogP) is 2.32. The van der Waals surface area contributed by atoms with Crippen LogP contribution in [-0.2, 0) is 0 Å². The fraction of sp³-hybridized carbons (Fsp3) is 1.00. The molecule has 0 radical (unpaired) electrons. The third kappa shape index (κ3) is 3.97. The van der Waals surface area contributed by atoms with Gasteiger partial charge in [0.1, 0.15) is 0 Å². The van der Waals surface area contributed by atoms with Gasteiger partial charge in [-0.3, -0.25) is 0 Å². The Hall–Kier alpha value is -0.0800. The third-order valence-electron chi connectivity index (χ3n) is 3.26. The molecule has 2 heteroatoms. The molecule has 14 heavy (non-hydrogen) atoms. The van der Waals surface area contributed by atoms with Crippen molar-refractivity contribution in [1.82, 2.24) is 5.32 Å². The van der Waals surface area contributed by atoms with E-state index >= 15 is 0 Å². The minimum Gasteiger partial charge on any atom is -0.389 e. The van der Waals surface area contributed by atoms with E-state index in [1.54, 1.807) is 0 Å². The molecule has 0 bridgehead atoms. The third-order valence-corrected chi connectivity index (χ3v) is 3.26. The summed E-state index contributed by atoms with van der Waals surface area (Å²) in [6.07, 6.45) is 6.91. The highest BCUT2D eigenvalue weighted by atomic mass is 16.3. The quantitative estimate of drug-likeness (QED) is 0.688. The molecule has 0 aromatic carbocycles. The summed E-state index contributed by atoms with van der Waals surface area (Å²) >= 11 is 0. The first-order valence-corrected chi connectivity index (χ1v) is 6.09.